The van der Waals surface area contributed by atoms with Crippen LogP contribution in [0.2, 0.25) is 5.02 Å². The van der Waals surface area contributed by atoms with Gasteiger partial charge in [0.2, 0.25) is 5.78 Å². The first kappa shape index (κ1) is 20.0. The van der Waals surface area contributed by atoms with Crippen molar-refractivity contribution in [1.29, 1.82) is 0 Å². The van der Waals surface area contributed by atoms with Crippen LogP contribution in [0.15, 0.2) is 43.4 Å². The van der Waals surface area contributed by atoms with Crippen molar-refractivity contribution in [3.05, 3.63) is 76.9 Å². The van der Waals surface area contributed by atoms with Crippen LogP contribution in [-0.2, 0) is 13.0 Å². The molecule has 0 radical (unpaired) electrons. The Kier molecular flexibility index (Phi) is 4.68. The molecule has 0 aromatic carbocycles. The Balaban J connectivity index is 1.14. The van der Waals surface area contributed by atoms with Crippen LogP contribution in [0.25, 0.3) is 11.3 Å². The van der Waals surface area contributed by atoms with E-state index in [9.17, 15) is 9.18 Å². The normalized spacial score (nSPS) is 13.9. The van der Waals surface area contributed by atoms with E-state index in [4.69, 9.17) is 11.6 Å². The summed E-state index contributed by atoms with van der Waals surface area (Å²) in [7, 11) is 0. The second kappa shape index (κ2) is 7.73. The molecule has 0 spiro atoms. The number of aryl methyl sites for hydroxylation is 1. The molecule has 5 heterocycles. The van der Waals surface area contributed by atoms with Crippen molar-refractivity contribution in [2.75, 3.05) is 0 Å². The first-order chi connectivity index (χ1) is 16.0. The van der Waals surface area contributed by atoms with Crippen molar-refractivity contribution in [3.63, 3.8) is 0 Å². The number of hydrogen-bond acceptors (Lipinski definition) is 6. The molecule has 0 N–H and O–H groups in total. The van der Waals surface area contributed by atoms with Gasteiger partial charge < -0.3 is 4.40 Å². The predicted molar refractivity (Wildman–Crippen MR) is 117 cm³/mol. The number of rotatable bonds is 7. The highest BCUT2D eigenvalue weighted by molar-refractivity contribution is 6.31. The lowest BCUT2D eigenvalue weighted by Gasteiger charge is -2.01. The minimum absolute atomic E-state index is 0.0180. The smallest absolute Gasteiger partial charge is 0.233 e. The summed E-state index contributed by atoms with van der Waals surface area (Å²) in [5.41, 5.74) is 3.00. The fourth-order valence-corrected chi connectivity index (χ4v) is 4.10. The molecule has 0 unspecified atom stereocenters. The molecule has 166 valence electrons. The van der Waals surface area contributed by atoms with Gasteiger partial charge in [-0.1, -0.05) is 16.8 Å². The van der Waals surface area contributed by atoms with Gasteiger partial charge in [-0.05, 0) is 36.8 Å². The fourth-order valence-electron chi connectivity index (χ4n) is 3.95. The molecule has 6 rings (SSSR count). The highest BCUT2D eigenvalue weighted by Gasteiger charge is 2.24. The molecule has 0 saturated heterocycles. The molecule has 1 saturated carbocycles. The molecule has 0 atom stereocenters. The quantitative estimate of drug-likeness (QED) is 0.342. The first-order valence-electron chi connectivity index (χ1n) is 10.6. The molecule has 5 aromatic heterocycles. The maximum atomic E-state index is 14.4. The highest BCUT2D eigenvalue weighted by atomic mass is 35.5. The van der Waals surface area contributed by atoms with Crippen LogP contribution in [0.5, 0.6) is 0 Å². The van der Waals surface area contributed by atoms with Gasteiger partial charge in [0.1, 0.15) is 11.2 Å². The van der Waals surface area contributed by atoms with E-state index < -0.39 is 5.82 Å². The number of nitrogens with zero attached hydrogens (tertiary/aromatic N) is 8. The molecule has 1 aliphatic rings. The fraction of sp³-hybridized carbons (Fsp3) is 0.273. The summed E-state index contributed by atoms with van der Waals surface area (Å²) in [6.07, 6.45) is 13.4. The lowest BCUT2D eigenvalue weighted by Crippen LogP contribution is -2.03. The number of hydrogen-bond donors (Lipinski definition) is 0. The Morgan fingerprint density at radius 3 is 2.91 bits per heavy atom. The number of aromatic nitrogens is 8. The van der Waals surface area contributed by atoms with Crippen molar-refractivity contribution in [2.24, 2.45) is 0 Å². The molecule has 33 heavy (non-hydrogen) atoms. The van der Waals surface area contributed by atoms with Crippen molar-refractivity contribution >= 4 is 28.7 Å². The summed E-state index contributed by atoms with van der Waals surface area (Å²) >= 11 is 5.88. The van der Waals surface area contributed by atoms with Crippen LogP contribution in [0.1, 0.15) is 52.6 Å². The zero-order chi connectivity index (χ0) is 22.5. The van der Waals surface area contributed by atoms with E-state index in [1.807, 2.05) is 16.8 Å². The first-order valence-corrected chi connectivity index (χ1v) is 11.0. The second-order valence-electron chi connectivity index (χ2n) is 8.25. The van der Waals surface area contributed by atoms with Gasteiger partial charge in [-0.25, -0.2) is 24.0 Å². The summed E-state index contributed by atoms with van der Waals surface area (Å²) < 4.78 is 19.4. The van der Waals surface area contributed by atoms with E-state index in [-0.39, 0.29) is 34.9 Å². The van der Waals surface area contributed by atoms with Crippen molar-refractivity contribution in [3.8, 4) is 0 Å². The standard InChI is InChI=1S/C22H18ClFN8O/c23-16-5-6-30-12-26-17(21(30)20(16)24)3-4-19(33)18-11-32(29-28-18)10-15-9-31-8-14(13-1-2-13)7-25-22(31)27-15/h5-9,11-13H,1-4,10H2. The number of ketones is 1. The van der Waals surface area contributed by atoms with Gasteiger partial charge in [-0.2, -0.15) is 0 Å². The zero-order valence-electron chi connectivity index (χ0n) is 17.4. The molecule has 0 bridgehead atoms. The van der Waals surface area contributed by atoms with Crippen LogP contribution in [0.4, 0.5) is 4.39 Å². The summed E-state index contributed by atoms with van der Waals surface area (Å²) in [6.45, 7) is 0.373. The molecule has 0 aliphatic heterocycles. The van der Waals surface area contributed by atoms with Crippen molar-refractivity contribution in [1.82, 2.24) is 38.7 Å². The topological polar surface area (TPSA) is 95.3 Å². The summed E-state index contributed by atoms with van der Waals surface area (Å²) in [5, 5.41) is 8.07. The van der Waals surface area contributed by atoms with Gasteiger partial charge in [0.25, 0.3) is 0 Å². The van der Waals surface area contributed by atoms with E-state index in [2.05, 4.69) is 31.5 Å². The molecule has 9 nitrogen and oxygen atoms in total. The number of halogens is 2. The van der Waals surface area contributed by atoms with Crippen LogP contribution in [0, 0.1) is 5.82 Å². The summed E-state index contributed by atoms with van der Waals surface area (Å²) in [6, 6.07) is 1.46. The number of fused-ring (bicyclic) bond motifs is 2. The third-order valence-corrected chi connectivity index (χ3v) is 6.13. The van der Waals surface area contributed by atoms with Crippen molar-refractivity contribution in [2.45, 2.75) is 38.1 Å². The Labute approximate surface area is 191 Å². The third kappa shape index (κ3) is 3.76. The second-order valence-corrected chi connectivity index (χ2v) is 8.66. The molecular formula is C22H18ClFN8O. The highest BCUT2D eigenvalue weighted by Crippen LogP contribution is 2.39. The molecule has 1 fully saturated rings. The SMILES string of the molecule is O=C(CCc1ncn2ccc(Cl)c(F)c12)c1cn(Cc2cn3cc(C4CC4)cnc3n2)nn1. The van der Waals surface area contributed by atoms with E-state index >= 15 is 0 Å². The van der Waals surface area contributed by atoms with Crippen molar-refractivity contribution < 1.29 is 9.18 Å². The van der Waals surface area contributed by atoms with Crippen LogP contribution >= 0.6 is 11.6 Å². The lowest BCUT2D eigenvalue weighted by atomic mass is 10.1. The molecule has 1 aliphatic carbocycles. The minimum Gasteiger partial charge on any atom is -0.303 e. The number of pyridine rings is 1. The van der Waals surface area contributed by atoms with Gasteiger partial charge in [-0.3, -0.25) is 9.20 Å². The Morgan fingerprint density at radius 2 is 2.06 bits per heavy atom. The molecular weight excluding hydrogens is 447 g/mol. The molecule has 5 aromatic rings. The summed E-state index contributed by atoms with van der Waals surface area (Å²) in [4.78, 5) is 25.8. The molecule has 0 amide bonds. The van der Waals surface area contributed by atoms with E-state index in [0.717, 1.165) is 5.69 Å². The number of Topliss-reactive ketones (excluding diaryl/α,β-unsaturated/α-hetero) is 1. The monoisotopic (exact) mass is 464 g/mol. The minimum atomic E-state index is -0.545. The zero-order valence-corrected chi connectivity index (χ0v) is 18.2. The van der Waals surface area contributed by atoms with Gasteiger partial charge in [-0.15, -0.1) is 5.10 Å². The average Bonchev–Trinajstić information content (AvgIpc) is 3.23. The lowest BCUT2D eigenvalue weighted by molar-refractivity contribution is 0.0977. The largest absolute Gasteiger partial charge is 0.303 e. The van der Waals surface area contributed by atoms with Crippen LogP contribution < -0.4 is 0 Å². The number of imidazole rings is 2. The van der Waals surface area contributed by atoms with E-state index in [1.165, 1.54) is 30.8 Å². The van der Waals surface area contributed by atoms with Gasteiger partial charge >= 0.3 is 0 Å². The van der Waals surface area contributed by atoms with Gasteiger partial charge in [0.15, 0.2) is 11.6 Å². The Morgan fingerprint density at radius 1 is 1.18 bits per heavy atom. The average molecular weight is 465 g/mol. The number of carbonyl (C=O) groups is 1. The van der Waals surface area contributed by atoms with Gasteiger partial charge in [0.05, 0.1) is 35.5 Å². The maximum Gasteiger partial charge on any atom is 0.233 e. The van der Waals surface area contributed by atoms with E-state index in [1.54, 1.807) is 21.5 Å². The van der Waals surface area contributed by atoms with Crippen LogP contribution in [0.3, 0.4) is 0 Å². The third-order valence-electron chi connectivity index (χ3n) is 5.83. The maximum absolute atomic E-state index is 14.4. The number of carbonyl (C=O) groups excluding carboxylic acids is 1. The Hall–Kier alpha value is -3.66. The predicted octanol–water partition coefficient (Wildman–Crippen LogP) is 3.50. The summed E-state index contributed by atoms with van der Waals surface area (Å²) in [5.74, 6) is 0.502. The van der Waals surface area contributed by atoms with E-state index in [0.29, 0.717) is 23.9 Å². The van der Waals surface area contributed by atoms with Gasteiger partial charge in [0, 0.05) is 31.2 Å². The van der Waals surface area contributed by atoms with Crippen LogP contribution in [-0.4, -0.2) is 44.5 Å². The Bertz CT molecular complexity index is 1520. The molecule has 11 heteroatoms.